The highest BCUT2D eigenvalue weighted by Crippen LogP contribution is 2.18. The number of carbonyl (C=O) groups is 1. The molecule has 2 aromatic rings. The number of pyridine rings is 1. The molecule has 0 bridgehead atoms. The first-order chi connectivity index (χ1) is 8.16. The van der Waals surface area contributed by atoms with Crippen molar-refractivity contribution in [3.8, 4) is 0 Å². The molecule has 1 heterocycles. The number of hydrogen-bond acceptors (Lipinski definition) is 3. The number of nitrogens with two attached hydrogens (primary N) is 1. The number of nitrogen functional groups attached to an aromatic ring is 1. The van der Waals surface area contributed by atoms with Crippen molar-refractivity contribution in [1.82, 2.24) is 4.98 Å². The summed E-state index contributed by atoms with van der Waals surface area (Å²) in [6.45, 7) is 0. The number of benzene rings is 1. The van der Waals surface area contributed by atoms with Crippen LogP contribution in [0.25, 0.3) is 0 Å². The summed E-state index contributed by atoms with van der Waals surface area (Å²) in [7, 11) is 0. The molecule has 0 saturated carbocycles. The topological polar surface area (TPSA) is 68.0 Å². The van der Waals surface area contributed by atoms with Gasteiger partial charge in [-0.3, -0.25) is 4.79 Å². The van der Waals surface area contributed by atoms with Crippen molar-refractivity contribution in [2.45, 2.75) is 0 Å². The molecule has 3 N–H and O–H groups in total. The Bertz CT molecular complexity index is 543. The zero-order valence-corrected chi connectivity index (χ0v) is 9.61. The molecule has 0 aliphatic carbocycles. The summed E-state index contributed by atoms with van der Waals surface area (Å²) in [4.78, 5) is 15.9. The van der Waals surface area contributed by atoms with Gasteiger partial charge in [0.1, 0.15) is 5.82 Å². The Morgan fingerprint density at radius 3 is 2.82 bits per heavy atom. The molecule has 5 heteroatoms. The smallest absolute Gasteiger partial charge is 0.258 e. The van der Waals surface area contributed by atoms with Crippen molar-refractivity contribution < 1.29 is 4.79 Å². The molecular weight excluding hydrogens is 238 g/mol. The van der Waals surface area contributed by atoms with E-state index in [1.165, 1.54) is 6.07 Å². The minimum absolute atomic E-state index is 0.330. The van der Waals surface area contributed by atoms with E-state index in [4.69, 9.17) is 17.3 Å². The quantitative estimate of drug-likeness (QED) is 0.802. The van der Waals surface area contributed by atoms with E-state index in [-0.39, 0.29) is 5.91 Å². The maximum atomic E-state index is 11.9. The van der Waals surface area contributed by atoms with Crippen molar-refractivity contribution in [3.05, 3.63) is 53.2 Å². The van der Waals surface area contributed by atoms with E-state index in [1.54, 1.807) is 36.5 Å². The third kappa shape index (κ3) is 2.73. The number of anilines is 2. The molecule has 2 rings (SSSR count). The second-order valence-corrected chi connectivity index (χ2v) is 3.84. The van der Waals surface area contributed by atoms with E-state index in [2.05, 4.69) is 10.3 Å². The zero-order valence-electron chi connectivity index (χ0n) is 8.85. The van der Waals surface area contributed by atoms with Gasteiger partial charge in [-0.25, -0.2) is 4.98 Å². The first-order valence-electron chi connectivity index (χ1n) is 4.94. The van der Waals surface area contributed by atoms with E-state index in [0.29, 0.717) is 22.1 Å². The van der Waals surface area contributed by atoms with Crippen LogP contribution in [-0.2, 0) is 0 Å². The second kappa shape index (κ2) is 4.84. The number of halogens is 1. The van der Waals surface area contributed by atoms with Crippen LogP contribution in [0.4, 0.5) is 11.5 Å². The Labute approximate surface area is 103 Å². The summed E-state index contributed by atoms with van der Waals surface area (Å²) in [5, 5.41) is 3.10. The molecule has 0 aliphatic heterocycles. The molecule has 0 spiro atoms. The summed E-state index contributed by atoms with van der Waals surface area (Å²) >= 11 is 5.81. The van der Waals surface area contributed by atoms with Crippen molar-refractivity contribution in [2.75, 3.05) is 11.1 Å². The Morgan fingerprint density at radius 1 is 1.29 bits per heavy atom. The van der Waals surface area contributed by atoms with E-state index in [0.717, 1.165) is 0 Å². The van der Waals surface area contributed by atoms with Gasteiger partial charge in [0.05, 0.1) is 5.56 Å². The standard InChI is InChI=1S/C12H10ClN3O/c13-8-4-5-10(14)9(7-8)12(17)16-11-3-1-2-6-15-11/h1-7H,14H2,(H,15,16,17). The van der Waals surface area contributed by atoms with E-state index < -0.39 is 0 Å². The maximum Gasteiger partial charge on any atom is 0.258 e. The lowest BCUT2D eigenvalue weighted by Gasteiger charge is -2.06. The van der Waals surface area contributed by atoms with Gasteiger partial charge in [0.15, 0.2) is 0 Å². The molecule has 0 atom stereocenters. The third-order valence-electron chi connectivity index (χ3n) is 2.17. The van der Waals surface area contributed by atoms with Crippen LogP contribution in [0.1, 0.15) is 10.4 Å². The number of amides is 1. The molecule has 0 aliphatic rings. The average molecular weight is 248 g/mol. The van der Waals surface area contributed by atoms with Crippen molar-refractivity contribution in [3.63, 3.8) is 0 Å². The monoisotopic (exact) mass is 247 g/mol. The predicted molar refractivity (Wildman–Crippen MR) is 68.1 cm³/mol. The number of carbonyl (C=O) groups excluding carboxylic acids is 1. The average Bonchev–Trinajstić information content (AvgIpc) is 2.33. The largest absolute Gasteiger partial charge is 0.398 e. The van der Waals surface area contributed by atoms with Crippen LogP contribution in [-0.4, -0.2) is 10.9 Å². The predicted octanol–water partition coefficient (Wildman–Crippen LogP) is 2.57. The Morgan fingerprint density at radius 2 is 2.12 bits per heavy atom. The summed E-state index contributed by atoms with van der Waals surface area (Å²) in [6, 6.07) is 9.99. The lowest BCUT2D eigenvalue weighted by atomic mass is 10.1. The SMILES string of the molecule is Nc1ccc(Cl)cc1C(=O)Nc1ccccn1. The molecule has 1 aromatic carbocycles. The highest BCUT2D eigenvalue weighted by atomic mass is 35.5. The van der Waals surface area contributed by atoms with Gasteiger partial charge in [-0.2, -0.15) is 0 Å². The van der Waals surface area contributed by atoms with Gasteiger partial charge in [0, 0.05) is 16.9 Å². The minimum atomic E-state index is -0.330. The van der Waals surface area contributed by atoms with Crippen molar-refractivity contribution >= 4 is 29.0 Å². The molecule has 0 unspecified atom stereocenters. The van der Waals surface area contributed by atoms with Gasteiger partial charge >= 0.3 is 0 Å². The molecule has 17 heavy (non-hydrogen) atoms. The molecule has 86 valence electrons. The molecule has 1 amide bonds. The van der Waals surface area contributed by atoms with Gasteiger partial charge in [-0.1, -0.05) is 17.7 Å². The number of nitrogens with one attached hydrogen (secondary N) is 1. The van der Waals surface area contributed by atoms with Gasteiger partial charge in [-0.05, 0) is 30.3 Å². The minimum Gasteiger partial charge on any atom is -0.398 e. The molecule has 0 fully saturated rings. The second-order valence-electron chi connectivity index (χ2n) is 3.40. The first-order valence-corrected chi connectivity index (χ1v) is 5.32. The highest BCUT2D eigenvalue weighted by Gasteiger charge is 2.10. The lowest BCUT2D eigenvalue weighted by Crippen LogP contribution is -2.14. The van der Waals surface area contributed by atoms with Gasteiger partial charge in [0.2, 0.25) is 0 Å². The maximum absolute atomic E-state index is 11.9. The number of rotatable bonds is 2. The van der Waals surface area contributed by atoms with Crippen LogP contribution in [0.15, 0.2) is 42.6 Å². The van der Waals surface area contributed by atoms with Crippen LogP contribution >= 0.6 is 11.6 Å². The summed E-state index contributed by atoms with van der Waals surface area (Å²) in [5.74, 6) is 0.139. The Kier molecular flexibility index (Phi) is 3.25. The van der Waals surface area contributed by atoms with Crippen LogP contribution in [0.5, 0.6) is 0 Å². The van der Waals surface area contributed by atoms with E-state index >= 15 is 0 Å². The normalized spacial score (nSPS) is 9.94. The van der Waals surface area contributed by atoms with Crippen molar-refractivity contribution in [2.24, 2.45) is 0 Å². The Hall–Kier alpha value is -2.07. The number of nitrogens with zero attached hydrogens (tertiary/aromatic N) is 1. The van der Waals surface area contributed by atoms with Crippen molar-refractivity contribution in [1.29, 1.82) is 0 Å². The fourth-order valence-electron chi connectivity index (χ4n) is 1.35. The molecule has 1 aromatic heterocycles. The van der Waals surface area contributed by atoms with Crippen LogP contribution in [0.3, 0.4) is 0 Å². The molecule has 0 saturated heterocycles. The van der Waals surface area contributed by atoms with Crippen LogP contribution in [0.2, 0.25) is 5.02 Å². The fraction of sp³-hybridized carbons (Fsp3) is 0. The van der Waals surface area contributed by atoms with Gasteiger partial charge in [-0.15, -0.1) is 0 Å². The van der Waals surface area contributed by atoms with Crippen LogP contribution in [0, 0.1) is 0 Å². The van der Waals surface area contributed by atoms with Gasteiger partial charge in [0.25, 0.3) is 5.91 Å². The lowest BCUT2D eigenvalue weighted by molar-refractivity contribution is 0.102. The molecule has 0 radical (unpaired) electrons. The van der Waals surface area contributed by atoms with Gasteiger partial charge < -0.3 is 11.1 Å². The first kappa shape index (κ1) is 11.4. The summed E-state index contributed by atoms with van der Waals surface area (Å²) in [6.07, 6.45) is 1.59. The summed E-state index contributed by atoms with van der Waals surface area (Å²) in [5.41, 5.74) is 6.42. The summed E-state index contributed by atoms with van der Waals surface area (Å²) < 4.78 is 0. The highest BCUT2D eigenvalue weighted by molar-refractivity contribution is 6.31. The fourth-order valence-corrected chi connectivity index (χ4v) is 1.52. The van der Waals surface area contributed by atoms with E-state index in [1.807, 2.05) is 0 Å². The van der Waals surface area contributed by atoms with Crippen LogP contribution < -0.4 is 11.1 Å². The van der Waals surface area contributed by atoms with E-state index in [9.17, 15) is 4.79 Å². The third-order valence-corrected chi connectivity index (χ3v) is 2.40. The zero-order chi connectivity index (χ0) is 12.3. The number of hydrogen-bond donors (Lipinski definition) is 2. The molecular formula is C12H10ClN3O. The number of aromatic nitrogens is 1. The Balaban J connectivity index is 2.23. The molecule has 4 nitrogen and oxygen atoms in total.